The van der Waals surface area contributed by atoms with E-state index >= 15 is 0 Å². The molecule has 3 nitrogen and oxygen atoms in total. The Balaban J connectivity index is 2.25. The fraction of sp³-hybridized carbons (Fsp3) is 1.00. The SMILES string of the molecule is COCC(O)C1CCC(C)O1. The molecule has 1 aliphatic rings. The van der Waals surface area contributed by atoms with Crippen LogP contribution in [-0.4, -0.2) is 37.1 Å². The smallest absolute Gasteiger partial charge is 0.103 e. The summed E-state index contributed by atoms with van der Waals surface area (Å²) in [5.74, 6) is 0. The zero-order valence-electron chi connectivity index (χ0n) is 7.12. The van der Waals surface area contributed by atoms with E-state index in [1.54, 1.807) is 7.11 Å². The van der Waals surface area contributed by atoms with E-state index in [-0.39, 0.29) is 6.10 Å². The third kappa shape index (κ3) is 2.43. The molecule has 3 atom stereocenters. The van der Waals surface area contributed by atoms with Crippen LogP contribution in [0.15, 0.2) is 0 Å². The van der Waals surface area contributed by atoms with Gasteiger partial charge in [-0.3, -0.25) is 0 Å². The lowest BCUT2D eigenvalue weighted by atomic mass is 10.1. The molecule has 1 N–H and O–H groups in total. The Hall–Kier alpha value is -0.120. The Kier molecular flexibility index (Phi) is 3.30. The van der Waals surface area contributed by atoms with Crippen LogP contribution in [0.25, 0.3) is 0 Å². The van der Waals surface area contributed by atoms with Crippen LogP contribution < -0.4 is 0 Å². The van der Waals surface area contributed by atoms with Crippen molar-refractivity contribution in [2.45, 2.75) is 38.1 Å². The third-order valence-corrected chi connectivity index (χ3v) is 2.03. The monoisotopic (exact) mass is 160 g/mol. The van der Waals surface area contributed by atoms with Crippen LogP contribution in [0, 0.1) is 0 Å². The highest BCUT2D eigenvalue weighted by atomic mass is 16.5. The number of hydrogen-bond donors (Lipinski definition) is 1. The molecule has 1 aliphatic heterocycles. The fourth-order valence-corrected chi connectivity index (χ4v) is 1.39. The Labute approximate surface area is 67.3 Å². The van der Waals surface area contributed by atoms with E-state index in [0.717, 1.165) is 12.8 Å². The molecular formula is C8H16O3. The van der Waals surface area contributed by atoms with Gasteiger partial charge in [-0.2, -0.15) is 0 Å². The first-order valence-electron chi connectivity index (χ1n) is 4.06. The second kappa shape index (κ2) is 4.04. The van der Waals surface area contributed by atoms with Crippen molar-refractivity contribution in [2.75, 3.05) is 13.7 Å². The van der Waals surface area contributed by atoms with Gasteiger partial charge in [0, 0.05) is 7.11 Å². The normalized spacial score (nSPS) is 34.1. The zero-order chi connectivity index (χ0) is 8.27. The lowest BCUT2D eigenvalue weighted by Crippen LogP contribution is -2.30. The summed E-state index contributed by atoms with van der Waals surface area (Å²) in [7, 11) is 1.58. The van der Waals surface area contributed by atoms with Gasteiger partial charge < -0.3 is 14.6 Å². The van der Waals surface area contributed by atoms with Gasteiger partial charge in [-0.05, 0) is 19.8 Å². The number of aliphatic hydroxyl groups excluding tert-OH is 1. The lowest BCUT2D eigenvalue weighted by Gasteiger charge is -2.16. The number of hydrogen-bond acceptors (Lipinski definition) is 3. The predicted molar refractivity (Wildman–Crippen MR) is 41.5 cm³/mol. The van der Waals surface area contributed by atoms with Gasteiger partial charge in [0.15, 0.2) is 0 Å². The van der Waals surface area contributed by atoms with Gasteiger partial charge in [-0.25, -0.2) is 0 Å². The third-order valence-electron chi connectivity index (χ3n) is 2.03. The highest BCUT2D eigenvalue weighted by Gasteiger charge is 2.27. The Bertz CT molecular complexity index is 116. The van der Waals surface area contributed by atoms with E-state index in [1.165, 1.54) is 0 Å². The summed E-state index contributed by atoms with van der Waals surface area (Å²) in [5, 5.41) is 9.42. The van der Waals surface area contributed by atoms with Gasteiger partial charge in [0.1, 0.15) is 6.10 Å². The largest absolute Gasteiger partial charge is 0.388 e. The van der Waals surface area contributed by atoms with Crippen LogP contribution in [-0.2, 0) is 9.47 Å². The second-order valence-corrected chi connectivity index (χ2v) is 3.09. The average molecular weight is 160 g/mol. The summed E-state index contributed by atoms with van der Waals surface area (Å²) < 4.78 is 10.3. The molecule has 0 aliphatic carbocycles. The van der Waals surface area contributed by atoms with Gasteiger partial charge in [0.05, 0.1) is 18.8 Å². The number of methoxy groups -OCH3 is 1. The Morgan fingerprint density at radius 2 is 2.36 bits per heavy atom. The molecule has 0 amide bonds. The topological polar surface area (TPSA) is 38.7 Å². The summed E-state index contributed by atoms with van der Waals surface area (Å²) in [6, 6.07) is 0. The molecule has 0 spiro atoms. The molecule has 0 radical (unpaired) electrons. The average Bonchev–Trinajstić information content (AvgIpc) is 2.36. The summed E-state index contributed by atoms with van der Waals surface area (Å²) in [6.45, 7) is 2.40. The van der Waals surface area contributed by atoms with Crippen molar-refractivity contribution in [3.8, 4) is 0 Å². The molecule has 3 heteroatoms. The first kappa shape index (κ1) is 8.97. The van der Waals surface area contributed by atoms with Crippen LogP contribution in [0.1, 0.15) is 19.8 Å². The molecule has 0 aromatic heterocycles. The number of ether oxygens (including phenoxy) is 2. The standard InChI is InChI=1S/C8H16O3/c1-6-3-4-8(11-6)7(9)5-10-2/h6-9H,3-5H2,1-2H3. The number of aliphatic hydroxyl groups is 1. The minimum atomic E-state index is -0.454. The van der Waals surface area contributed by atoms with Crippen molar-refractivity contribution in [1.29, 1.82) is 0 Å². The van der Waals surface area contributed by atoms with Crippen molar-refractivity contribution in [2.24, 2.45) is 0 Å². The molecule has 0 aromatic rings. The minimum Gasteiger partial charge on any atom is -0.388 e. The van der Waals surface area contributed by atoms with Gasteiger partial charge >= 0.3 is 0 Å². The lowest BCUT2D eigenvalue weighted by molar-refractivity contribution is -0.0565. The van der Waals surface area contributed by atoms with Crippen molar-refractivity contribution in [3.05, 3.63) is 0 Å². The van der Waals surface area contributed by atoms with E-state index in [9.17, 15) is 5.11 Å². The fourth-order valence-electron chi connectivity index (χ4n) is 1.39. The van der Waals surface area contributed by atoms with E-state index in [0.29, 0.717) is 12.7 Å². The zero-order valence-corrected chi connectivity index (χ0v) is 7.12. The molecule has 3 unspecified atom stereocenters. The molecule has 66 valence electrons. The van der Waals surface area contributed by atoms with Gasteiger partial charge in [0.25, 0.3) is 0 Å². The molecule has 0 saturated carbocycles. The summed E-state index contributed by atoms with van der Waals surface area (Å²) in [6.07, 6.45) is 1.83. The van der Waals surface area contributed by atoms with Crippen molar-refractivity contribution >= 4 is 0 Å². The van der Waals surface area contributed by atoms with Gasteiger partial charge in [-0.1, -0.05) is 0 Å². The minimum absolute atomic E-state index is 0.00931. The molecule has 1 saturated heterocycles. The molecule has 1 fully saturated rings. The van der Waals surface area contributed by atoms with Gasteiger partial charge in [-0.15, -0.1) is 0 Å². The molecule has 0 bridgehead atoms. The molecule has 1 heterocycles. The van der Waals surface area contributed by atoms with E-state index in [4.69, 9.17) is 9.47 Å². The molecular weight excluding hydrogens is 144 g/mol. The number of rotatable bonds is 3. The highest BCUT2D eigenvalue weighted by Crippen LogP contribution is 2.21. The maximum absolute atomic E-state index is 9.42. The van der Waals surface area contributed by atoms with Crippen molar-refractivity contribution in [1.82, 2.24) is 0 Å². The van der Waals surface area contributed by atoms with E-state index in [2.05, 4.69) is 0 Å². The van der Waals surface area contributed by atoms with Gasteiger partial charge in [0.2, 0.25) is 0 Å². The second-order valence-electron chi connectivity index (χ2n) is 3.09. The molecule has 1 rings (SSSR count). The molecule has 11 heavy (non-hydrogen) atoms. The van der Waals surface area contributed by atoms with Crippen LogP contribution in [0.2, 0.25) is 0 Å². The summed E-state index contributed by atoms with van der Waals surface area (Å²) >= 11 is 0. The van der Waals surface area contributed by atoms with Crippen LogP contribution in [0.5, 0.6) is 0 Å². The first-order valence-corrected chi connectivity index (χ1v) is 4.06. The quantitative estimate of drug-likeness (QED) is 0.655. The Morgan fingerprint density at radius 3 is 2.82 bits per heavy atom. The summed E-state index contributed by atoms with van der Waals surface area (Å²) in [4.78, 5) is 0. The highest BCUT2D eigenvalue weighted by molar-refractivity contribution is 4.76. The summed E-state index contributed by atoms with van der Waals surface area (Å²) in [5.41, 5.74) is 0. The van der Waals surface area contributed by atoms with Crippen LogP contribution >= 0.6 is 0 Å². The van der Waals surface area contributed by atoms with Crippen molar-refractivity contribution in [3.63, 3.8) is 0 Å². The predicted octanol–water partition coefficient (Wildman–Crippen LogP) is 0.561. The van der Waals surface area contributed by atoms with E-state index < -0.39 is 6.10 Å². The van der Waals surface area contributed by atoms with E-state index in [1.807, 2.05) is 6.92 Å². The van der Waals surface area contributed by atoms with Crippen molar-refractivity contribution < 1.29 is 14.6 Å². The first-order chi connectivity index (χ1) is 5.24. The Morgan fingerprint density at radius 1 is 1.64 bits per heavy atom. The maximum atomic E-state index is 9.42. The van der Waals surface area contributed by atoms with Crippen LogP contribution in [0.3, 0.4) is 0 Å². The van der Waals surface area contributed by atoms with Crippen LogP contribution in [0.4, 0.5) is 0 Å². The maximum Gasteiger partial charge on any atom is 0.103 e. The molecule has 0 aromatic carbocycles.